The molecule has 1 atom stereocenters. The van der Waals surface area contributed by atoms with Gasteiger partial charge in [-0.05, 0) is 49.1 Å². The molecule has 1 aliphatic carbocycles. The van der Waals surface area contributed by atoms with Gasteiger partial charge in [0, 0.05) is 28.0 Å². The second kappa shape index (κ2) is 9.99. The predicted molar refractivity (Wildman–Crippen MR) is 102 cm³/mol. The Hall–Kier alpha value is -2.14. The summed E-state index contributed by atoms with van der Waals surface area (Å²) in [6.07, 6.45) is 12.8. The summed E-state index contributed by atoms with van der Waals surface area (Å²) in [6, 6.07) is 7.30. The smallest absolute Gasteiger partial charge is 0.248 e. The van der Waals surface area contributed by atoms with Crippen molar-refractivity contribution >= 4 is 22.8 Å². The Morgan fingerprint density at radius 2 is 1.96 bits per heavy atom. The fourth-order valence-corrected chi connectivity index (χ4v) is 2.86. The molecule has 0 radical (unpaired) electrons. The van der Waals surface area contributed by atoms with E-state index in [0.717, 1.165) is 47.6 Å². The van der Waals surface area contributed by atoms with Gasteiger partial charge in [-0.3, -0.25) is 9.00 Å². The molecule has 5 heteroatoms. The zero-order valence-electron chi connectivity index (χ0n) is 14.8. The van der Waals surface area contributed by atoms with Crippen LogP contribution in [0.5, 0.6) is 0 Å². The average molecular weight is 359 g/mol. The van der Waals surface area contributed by atoms with E-state index in [0.29, 0.717) is 6.61 Å². The summed E-state index contributed by atoms with van der Waals surface area (Å²) >= 11 is 0. The number of hydrogen-bond acceptors (Lipinski definition) is 3. The number of benzene rings is 1. The highest BCUT2D eigenvalue weighted by Gasteiger charge is 2.12. The van der Waals surface area contributed by atoms with E-state index in [1.807, 2.05) is 24.3 Å². The van der Waals surface area contributed by atoms with Gasteiger partial charge < -0.3 is 10.1 Å². The van der Waals surface area contributed by atoms with E-state index >= 15 is 0 Å². The fraction of sp³-hybridized carbons (Fsp3) is 0.350. The molecule has 1 aliphatic rings. The Morgan fingerprint density at radius 3 is 2.64 bits per heavy atom. The van der Waals surface area contributed by atoms with Crippen LogP contribution in [-0.2, 0) is 20.3 Å². The summed E-state index contributed by atoms with van der Waals surface area (Å²) < 4.78 is 17.1. The average Bonchev–Trinajstić information content (AvgIpc) is 2.62. The predicted octanol–water partition coefficient (Wildman–Crippen LogP) is 3.93. The van der Waals surface area contributed by atoms with Crippen LogP contribution in [0.4, 0.5) is 0 Å². The van der Waals surface area contributed by atoms with Gasteiger partial charge in [0.25, 0.3) is 0 Å². The highest BCUT2D eigenvalue weighted by molar-refractivity contribution is 7.84. The zero-order chi connectivity index (χ0) is 18.1. The fourth-order valence-electron chi connectivity index (χ4n) is 2.35. The standard InChI is InChI=1S/C20H25NO3S/c1-3-4-15-24-19-8-6-5-7-18(19)21-20(22)14-11-16-9-12-17(13-10-16)25(2)23/h7-14H,3-6,15H2,1-2H3,(H,21,22)/b14-11+. The monoisotopic (exact) mass is 359 g/mol. The number of hydrogen-bond donors (Lipinski definition) is 1. The van der Waals surface area contributed by atoms with Crippen LogP contribution in [0.1, 0.15) is 38.2 Å². The van der Waals surface area contributed by atoms with Gasteiger partial charge in [-0.1, -0.05) is 31.6 Å². The minimum atomic E-state index is -0.994. The summed E-state index contributed by atoms with van der Waals surface area (Å²) in [6.45, 7) is 2.78. The van der Waals surface area contributed by atoms with Crippen molar-refractivity contribution in [3.63, 3.8) is 0 Å². The van der Waals surface area contributed by atoms with Crippen LogP contribution in [0.25, 0.3) is 6.08 Å². The number of ether oxygens (including phenoxy) is 1. The lowest BCUT2D eigenvalue weighted by Gasteiger charge is -2.17. The first-order chi connectivity index (χ1) is 12.1. The summed E-state index contributed by atoms with van der Waals surface area (Å²) in [5, 5.41) is 2.89. The number of carbonyl (C=O) groups is 1. The maximum Gasteiger partial charge on any atom is 0.248 e. The van der Waals surface area contributed by atoms with Crippen LogP contribution >= 0.6 is 0 Å². The first-order valence-electron chi connectivity index (χ1n) is 8.56. The number of nitrogens with one attached hydrogen (secondary N) is 1. The van der Waals surface area contributed by atoms with E-state index in [9.17, 15) is 9.00 Å². The number of allylic oxidation sites excluding steroid dienone is 2. The molecule has 2 rings (SSSR count). The van der Waals surface area contributed by atoms with Crippen LogP contribution in [0.2, 0.25) is 0 Å². The SMILES string of the molecule is CCCCOC1=CCCC=C1NC(=O)/C=C/c1ccc(S(C)=O)cc1. The molecule has 0 heterocycles. The van der Waals surface area contributed by atoms with Crippen LogP contribution in [0, 0.1) is 0 Å². The molecule has 1 N–H and O–H groups in total. The zero-order valence-corrected chi connectivity index (χ0v) is 15.6. The molecule has 0 spiro atoms. The number of rotatable bonds is 8. The molecule has 0 saturated heterocycles. The van der Waals surface area contributed by atoms with E-state index in [1.165, 1.54) is 6.08 Å². The Morgan fingerprint density at radius 1 is 1.24 bits per heavy atom. The van der Waals surface area contributed by atoms with E-state index in [2.05, 4.69) is 12.2 Å². The normalized spacial score (nSPS) is 15.4. The molecule has 0 saturated carbocycles. The quantitative estimate of drug-likeness (QED) is 0.565. The molecule has 1 aromatic carbocycles. The molecule has 0 bridgehead atoms. The number of carbonyl (C=O) groups excluding carboxylic acids is 1. The van der Waals surface area contributed by atoms with Gasteiger partial charge in [0.2, 0.25) is 5.91 Å². The van der Waals surface area contributed by atoms with Crippen LogP contribution in [0.15, 0.2) is 58.8 Å². The van der Waals surface area contributed by atoms with Crippen LogP contribution in [-0.4, -0.2) is 23.0 Å². The van der Waals surface area contributed by atoms with Crippen molar-refractivity contribution in [3.8, 4) is 0 Å². The third-order valence-corrected chi connectivity index (χ3v) is 4.70. The molecular formula is C20H25NO3S. The van der Waals surface area contributed by atoms with Crippen molar-refractivity contribution in [3.05, 3.63) is 59.5 Å². The molecule has 1 unspecified atom stereocenters. The maximum absolute atomic E-state index is 12.2. The third kappa shape index (κ3) is 6.35. The van der Waals surface area contributed by atoms with Crippen molar-refractivity contribution in [2.75, 3.05) is 12.9 Å². The van der Waals surface area contributed by atoms with Crippen molar-refractivity contribution in [2.24, 2.45) is 0 Å². The second-order valence-corrected chi connectivity index (χ2v) is 7.19. The van der Waals surface area contributed by atoms with Crippen molar-refractivity contribution < 1.29 is 13.7 Å². The molecular weight excluding hydrogens is 334 g/mol. The summed E-state index contributed by atoms with van der Waals surface area (Å²) in [5.74, 6) is 0.567. The molecule has 4 nitrogen and oxygen atoms in total. The Kier molecular flexibility index (Phi) is 7.67. The highest BCUT2D eigenvalue weighted by atomic mass is 32.2. The van der Waals surface area contributed by atoms with Gasteiger partial charge in [-0.15, -0.1) is 0 Å². The molecule has 134 valence electrons. The van der Waals surface area contributed by atoms with Gasteiger partial charge >= 0.3 is 0 Å². The van der Waals surface area contributed by atoms with Gasteiger partial charge in [0.15, 0.2) is 0 Å². The lowest BCUT2D eigenvalue weighted by atomic mass is 10.1. The van der Waals surface area contributed by atoms with Crippen LogP contribution < -0.4 is 5.32 Å². The van der Waals surface area contributed by atoms with E-state index in [-0.39, 0.29) is 5.91 Å². The Bertz CT molecular complexity index is 702. The summed E-state index contributed by atoms with van der Waals surface area (Å²) in [4.78, 5) is 12.9. The van der Waals surface area contributed by atoms with Gasteiger partial charge in [0.1, 0.15) is 5.76 Å². The first kappa shape index (κ1) is 19.2. The first-order valence-corrected chi connectivity index (χ1v) is 10.1. The van der Waals surface area contributed by atoms with Crippen LogP contribution in [0.3, 0.4) is 0 Å². The Labute approximate surface area is 152 Å². The largest absolute Gasteiger partial charge is 0.492 e. The molecule has 0 aliphatic heterocycles. The highest BCUT2D eigenvalue weighted by Crippen LogP contribution is 2.18. The topological polar surface area (TPSA) is 55.4 Å². The van der Waals surface area contributed by atoms with E-state index < -0.39 is 10.8 Å². The minimum absolute atomic E-state index is 0.193. The maximum atomic E-state index is 12.2. The molecule has 25 heavy (non-hydrogen) atoms. The third-order valence-electron chi connectivity index (χ3n) is 3.76. The van der Waals surface area contributed by atoms with E-state index in [4.69, 9.17) is 4.74 Å². The van der Waals surface area contributed by atoms with Gasteiger partial charge in [-0.25, -0.2) is 0 Å². The lowest BCUT2D eigenvalue weighted by Crippen LogP contribution is -2.23. The molecule has 0 aromatic heterocycles. The molecule has 1 aromatic rings. The number of amides is 1. The summed E-state index contributed by atoms with van der Waals surface area (Å²) in [7, 11) is -0.994. The van der Waals surface area contributed by atoms with Crippen molar-refractivity contribution in [1.82, 2.24) is 5.32 Å². The van der Waals surface area contributed by atoms with Crippen molar-refractivity contribution in [1.29, 1.82) is 0 Å². The lowest BCUT2D eigenvalue weighted by molar-refractivity contribution is -0.115. The van der Waals surface area contributed by atoms with Gasteiger partial charge in [0.05, 0.1) is 12.3 Å². The minimum Gasteiger partial charge on any atom is -0.492 e. The van der Waals surface area contributed by atoms with E-state index in [1.54, 1.807) is 24.5 Å². The summed E-state index contributed by atoms with van der Waals surface area (Å²) in [5.41, 5.74) is 1.63. The molecule has 1 amide bonds. The number of unbranched alkanes of at least 4 members (excludes halogenated alkanes) is 1. The second-order valence-electron chi connectivity index (χ2n) is 5.81. The molecule has 0 fully saturated rings. The van der Waals surface area contributed by atoms with Crippen molar-refractivity contribution in [2.45, 2.75) is 37.5 Å². The Balaban J connectivity index is 1.92. The van der Waals surface area contributed by atoms with Gasteiger partial charge in [-0.2, -0.15) is 0 Å².